The van der Waals surface area contributed by atoms with Gasteiger partial charge in [-0.15, -0.1) is 0 Å². The van der Waals surface area contributed by atoms with Crippen LogP contribution in [-0.4, -0.2) is 23.2 Å². The van der Waals surface area contributed by atoms with Gasteiger partial charge in [0, 0.05) is 35.4 Å². The molecule has 2 rings (SSSR count). The molecule has 0 radical (unpaired) electrons. The number of anilines is 1. The zero-order chi connectivity index (χ0) is 12.1. The molecule has 0 amide bonds. The Morgan fingerprint density at radius 1 is 1.24 bits per heavy atom. The summed E-state index contributed by atoms with van der Waals surface area (Å²) in [4.78, 5) is 4.28. The standard InChI is InChI=1S/C13H15ClN2O/c14-10-3-4-11-12(15-6-1-2-8-17)5-7-16-13(11)9-10/h3-5,7,9,17H,1-2,6,8H2,(H,15,16). The fourth-order valence-corrected chi connectivity index (χ4v) is 1.90. The number of halogens is 1. The highest BCUT2D eigenvalue weighted by Crippen LogP contribution is 2.24. The van der Waals surface area contributed by atoms with Gasteiger partial charge in [0.05, 0.1) is 5.52 Å². The smallest absolute Gasteiger partial charge is 0.0737 e. The van der Waals surface area contributed by atoms with Crippen molar-refractivity contribution in [2.24, 2.45) is 0 Å². The molecule has 1 aromatic heterocycles. The van der Waals surface area contributed by atoms with Gasteiger partial charge >= 0.3 is 0 Å². The van der Waals surface area contributed by atoms with Gasteiger partial charge in [-0.1, -0.05) is 11.6 Å². The normalized spacial score (nSPS) is 10.7. The molecule has 0 aliphatic rings. The summed E-state index contributed by atoms with van der Waals surface area (Å²) < 4.78 is 0. The van der Waals surface area contributed by atoms with Crippen molar-refractivity contribution in [3.63, 3.8) is 0 Å². The molecule has 0 spiro atoms. The molecule has 1 aromatic carbocycles. The Labute approximate surface area is 105 Å². The summed E-state index contributed by atoms with van der Waals surface area (Å²) in [7, 11) is 0. The van der Waals surface area contributed by atoms with E-state index < -0.39 is 0 Å². The highest BCUT2D eigenvalue weighted by atomic mass is 35.5. The number of unbranched alkanes of at least 4 members (excludes halogenated alkanes) is 1. The van der Waals surface area contributed by atoms with Crippen LogP contribution in [0.1, 0.15) is 12.8 Å². The maximum absolute atomic E-state index is 8.71. The molecule has 0 aliphatic heterocycles. The Hall–Kier alpha value is -1.32. The second-order valence-corrected chi connectivity index (χ2v) is 4.31. The lowest BCUT2D eigenvalue weighted by atomic mass is 10.2. The average Bonchev–Trinajstić information content (AvgIpc) is 2.34. The van der Waals surface area contributed by atoms with Crippen molar-refractivity contribution in [2.75, 3.05) is 18.5 Å². The van der Waals surface area contributed by atoms with Gasteiger partial charge in [0.15, 0.2) is 0 Å². The summed E-state index contributed by atoms with van der Waals surface area (Å²) in [5, 5.41) is 13.8. The van der Waals surface area contributed by atoms with Crippen LogP contribution in [0.15, 0.2) is 30.5 Å². The number of nitrogens with zero attached hydrogens (tertiary/aromatic N) is 1. The largest absolute Gasteiger partial charge is 0.396 e. The number of hydrogen-bond acceptors (Lipinski definition) is 3. The first-order valence-corrected chi connectivity index (χ1v) is 6.08. The first-order valence-electron chi connectivity index (χ1n) is 5.70. The van der Waals surface area contributed by atoms with Crippen LogP contribution in [0.5, 0.6) is 0 Å². The molecule has 0 fully saturated rings. The van der Waals surface area contributed by atoms with E-state index in [0.717, 1.165) is 36.0 Å². The number of rotatable bonds is 5. The Bertz CT molecular complexity index is 502. The molecule has 1 heterocycles. The van der Waals surface area contributed by atoms with Crippen molar-refractivity contribution >= 4 is 28.2 Å². The van der Waals surface area contributed by atoms with Crippen LogP contribution in [0.3, 0.4) is 0 Å². The van der Waals surface area contributed by atoms with Gasteiger partial charge < -0.3 is 10.4 Å². The van der Waals surface area contributed by atoms with Gasteiger partial charge in [-0.3, -0.25) is 4.98 Å². The molecular weight excluding hydrogens is 236 g/mol. The van der Waals surface area contributed by atoms with E-state index in [1.807, 2.05) is 24.3 Å². The zero-order valence-corrected chi connectivity index (χ0v) is 10.2. The number of benzene rings is 1. The monoisotopic (exact) mass is 250 g/mol. The topological polar surface area (TPSA) is 45.1 Å². The molecule has 17 heavy (non-hydrogen) atoms. The van der Waals surface area contributed by atoms with E-state index in [2.05, 4.69) is 10.3 Å². The molecule has 2 N–H and O–H groups in total. The lowest BCUT2D eigenvalue weighted by Crippen LogP contribution is -2.03. The second kappa shape index (κ2) is 5.84. The Morgan fingerprint density at radius 3 is 2.94 bits per heavy atom. The molecule has 0 bridgehead atoms. The first kappa shape index (κ1) is 12.1. The molecule has 0 saturated carbocycles. The number of aromatic nitrogens is 1. The van der Waals surface area contributed by atoms with Crippen molar-refractivity contribution in [2.45, 2.75) is 12.8 Å². The second-order valence-electron chi connectivity index (χ2n) is 3.88. The molecule has 4 heteroatoms. The predicted octanol–water partition coefficient (Wildman–Crippen LogP) is 3.07. The van der Waals surface area contributed by atoms with E-state index in [9.17, 15) is 0 Å². The van der Waals surface area contributed by atoms with Gasteiger partial charge in [0.2, 0.25) is 0 Å². The van der Waals surface area contributed by atoms with Crippen molar-refractivity contribution in [3.05, 3.63) is 35.5 Å². The zero-order valence-electron chi connectivity index (χ0n) is 9.49. The third-order valence-electron chi connectivity index (χ3n) is 2.61. The summed E-state index contributed by atoms with van der Waals surface area (Å²) in [6, 6.07) is 7.65. The van der Waals surface area contributed by atoms with Crippen LogP contribution in [0.2, 0.25) is 5.02 Å². The lowest BCUT2D eigenvalue weighted by Gasteiger charge is -2.09. The van der Waals surface area contributed by atoms with Crippen LogP contribution in [0, 0.1) is 0 Å². The van der Waals surface area contributed by atoms with E-state index in [0.29, 0.717) is 5.02 Å². The third kappa shape index (κ3) is 3.08. The minimum absolute atomic E-state index is 0.244. The number of hydrogen-bond donors (Lipinski definition) is 2. The summed E-state index contributed by atoms with van der Waals surface area (Å²) >= 11 is 5.93. The predicted molar refractivity (Wildman–Crippen MR) is 71.6 cm³/mol. The summed E-state index contributed by atoms with van der Waals surface area (Å²) in [6.45, 7) is 1.09. The maximum atomic E-state index is 8.71. The summed E-state index contributed by atoms with van der Waals surface area (Å²) in [6.07, 6.45) is 3.54. The van der Waals surface area contributed by atoms with Crippen LogP contribution in [0.25, 0.3) is 10.9 Å². The molecule has 0 atom stereocenters. The quantitative estimate of drug-likeness (QED) is 0.802. The van der Waals surface area contributed by atoms with Crippen LogP contribution >= 0.6 is 11.6 Å². The highest BCUT2D eigenvalue weighted by molar-refractivity contribution is 6.31. The first-order chi connectivity index (χ1) is 8.31. The van der Waals surface area contributed by atoms with Gasteiger partial charge in [-0.2, -0.15) is 0 Å². The van der Waals surface area contributed by atoms with Crippen LogP contribution in [0.4, 0.5) is 5.69 Å². The van der Waals surface area contributed by atoms with E-state index in [1.54, 1.807) is 6.20 Å². The Kier molecular flexibility index (Phi) is 4.18. The number of aliphatic hydroxyl groups is 1. The minimum Gasteiger partial charge on any atom is -0.396 e. The van der Waals surface area contributed by atoms with Gasteiger partial charge in [0.25, 0.3) is 0 Å². The highest BCUT2D eigenvalue weighted by Gasteiger charge is 2.01. The third-order valence-corrected chi connectivity index (χ3v) is 2.84. The van der Waals surface area contributed by atoms with Crippen LogP contribution in [-0.2, 0) is 0 Å². The molecule has 0 saturated heterocycles. The molecule has 3 nitrogen and oxygen atoms in total. The van der Waals surface area contributed by atoms with Crippen molar-refractivity contribution in [3.8, 4) is 0 Å². The van der Waals surface area contributed by atoms with Crippen molar-refractivity contribution in [1.29, 1.82) is 0 Å². The van der Waals surface area contributed by atoms with Gasteiger partial charge in [0.1, 0.15) is 0 Å². The Morgan fingerprint density at radius 2 is 2.12 bits per heavy atom. The van der Waals surface area contributed by atoms with E-state index in [4.69, 9.17) is 16.7 Å². The molecule has 90 valence electrons. The van der Waals surface area contributed by atoms with Crippen molar-refractivity contribution < 1.29 is 5.11 Å². The summed E-state index contributed by atoms with van der Waals surface area (Å²) in [5.74, 6) is 0. The SMILES string of the molecule is OCCCCNc1ccnc2cc(Cl)ccc12. The lowest BCUT2D eigenvalue weighted by molar-refractivity contribution is 0.286. The number of fused-ring (bicyclic) bond motifs is 1. The maximum Gasteiger partial charge on any atom is 0.0737 e. The average molecular weight is 251 g/mol. The molecule has 0 aliphatic carbocycles. The van der Waals surface area contributed by atoms with E-state index in [1.165, 1.54) is 0 Å². The number of pyridine rings is 1. The number of nitrogens with one attached hydrogen (secondary N) is 1. The minimum atomic E-state index is 0.244. The fraction of sp³-hybridized carbons (Fsp3) is 0.308. The van der Waals surface area contributed by atoms with Crippen LogP contribution < -0.4 is 5.32 Å². The Balaban J connectivity index is 2.16. The van der Waals surface area contributed by atoms with Crippen molar-refractivity contribution in [1.82, 2.24) is 4.98 Å². The van der Waals surface area contributed by atoms with E-state index in [-0.39, 0.29) is 6.61 Å². The molecule has 2 aromatic rings. The summed E-state index contributed by atoms with van der Waals surface area (Å²) in [5.41, 5.74) is 1.95. The fourth-order valence-electron chi connectivity index (χ4n) is 1.74. The van der Waals surface area contributed by atoms with E-state index >= 15 is 0 Å². The molecule has 0 unspecified atom stereocenters. The van der Waals surface area contributed by atoms with Gasteiger partial charge in [-0.25, -0.2) is 0 Å². The van der Waals surface area contributed by atoms with Gasteiger partial charge in [-0.05, 0) is 37.1 Å². The number of aliphatic hydroxyl groups excluding tert-OH is 1. The molecular formula is C13H15ClN2O.